The number of likely N-dealkylation sites (N-methyl/N-ethyl adjacent to an activating group) is 1. The third kappa shape index (κ3) is 3.29. The highest BCUT2D eigenvalue weighted by Crippen LogP contribution is 2.31. The van der Waals surface area contributed by atoms with Crippen LogP contribution in [0.15, 0.2) is 53.4 Å². The van der Waals surface area contributed by atoms with Gasteiger partial charge in [0.2, 0.25) is 9.84 Å². The second-order valence-electron chi connectivity index (χ2n) is 6.57. The second-order valence-corrected chi connectivity index (χ2v) is 8.49. The molecule has 7 nitrogen and oxygen atoms in total. The molecule has 2 aromatic carbocycles. The molecule has 0 atom stereocenters. The molecule has 1 amide bonds. The first kappa shape index (κ1) is 19.2. The summed E-state index contributed by atoms with van der Waals surface area (Å²) in [5, 5.41) is 0. The van der Waals surface area contributed by atoms with Gasteiger partial charge >= 0.3 is 5.76 Å². The first-order valence-electron chi connectivity index (χ1n) is 8.71. The monoisotopic (exact) mass is 418 g/mol. The van der Waals surface area contributed by atoms with Crippen molar-refractivity contribution in [3.8, 4) is 0 Å². The average Bonchev–Trinajstić information content (AvgIpc) is 2.72. The lowest BCUT2D eigenvalue weighted by atomic mass is 10.2. The van der Waals surface area contributed by atoms with E-state index >= 15 is 0 Å². The summed E-state index contributed by atoms with van der Waals surface area (Å²) in [4.78, 5) is 25.0. The highest BCUT2D eigenvalue weighted by Gasteiger charge is 2.30. The van der Waals surface area contributed by atoms with Crippen LogP contribution in [0, 0.1) is 0 Å². The van der Waals surface area contributed by atoms with Crippen molar-refractivity contribution < 1.29 is 22.0 Å². The molecule has 0 aliphatic carbocycles. The van der Waals surface area contributed by atoms with Gasteiger partial charge in [0.15, 0.2) is 11.6 Å². The van der Waals surface area contributed by atoms with E-state index in [1.165, 1.54) is 17.0 Å². The Morgan fingerprint density at radius 3 is 2.14 bits per heavy atom. The highest BCUT2D eigenvalue weighted by atomic mass is 32.2. The molecule has 1 aliphatic heterocycles. The molecular formula is C19H16F2N4O3S. The minimum absolute atomic E-state index is 0.170. The molecule has 1 aromatic heterocycles. The number of fused-ring (bicyclic) bond motifs is 2. The molecule has 4 rings (SSSR count). The van der Waals surface area contributed by atoms with Crippen molar-refractivity contribution in [2.75, 3.05) is 29.9 Å². The minimum Gasteiger partial charge on any atom is -0.355 e. The number of benzene rings is 2. The number of carbonyl (C=O) groups is 1. The van der Waals surface area contributed by atoms with Crippen LogP contribution in [0.25, 0.3) is 11.0 Å². The number of hydrogen-bond acceptors (Lipinski definition) is 6. The van der Waals surface area contributed by atoms with E-state index in [9.17, 15) is 22.0 Å². The van der Waals surface area contributed by atoms with Crippen molar-refractivity contribution in [2.45, 2.75) is 10.7 Å². The van der Waals surface area contributed by atoms with Crippen molar-refractivity contribution in [3.63, 3.8) is 0 Å². The lowest BCUT2D eigenvalue weighted by Crippen LogP contribution is -2.43. The zero-order valence-corrected chi connectivity index (χ0v) is 16.1. The van der Waals surface area contributed by atoms with Gasteiger partial charge in [-0.05, 0) is 36.4 Å². The molecule has 0 spiro atoms. The summed E-state index contributed by atoms with van der Waals surface area (Å²) >= 11 is 0. The molecule has 0 fully saturated rings. The maximum atomic E-state index is 13.0. The van der Waals surface area contributed by atoms with Gasteiger partial charge in [-0.2, -0.15) is 8.78 Å². The number of anilines is 2. The minimum atomic E-state index is -4.71. The maximum absolute atomic E-state index is 13.0. The molecule has 0 N–H and O–H groups in total. The fraction of sp³-hybridized carbons (Fsp3) is 0.211. The molecule has 0 bridgehead atoms. The first-order valence-corrected chi connectivity index (χ1v) is 10.3. The van der Waals surface area contributed by atoms with Gasteiger partial charge < -0.3 is 4.90 Å². The number of aromatic nitrogens is 2. The Morgan fingerprint density at radius 1 is 0.966 bits per heavy atom. The van der Waals surface area contributed by atoms with Gasteiger partial charge in [-0.15, -0.1) is 0 Å². The predicted octanol–water partition coefficient (Wildman–Crippen LogP) is 2.72. The zero-order valence-electron chi connectivity index (χ0n) is 15.3. The predicted molar refractivity (Wildman–Crippen MR) is 104 cm³/mol. The Kier molecular flexibility index (Phi) is 4.65. The molecule has 10 heteroatoms. The number of rotatable bonds is 3. The number of para-hydroxylation sites is 2. The number of nitrogens with zero attached hydrogens (tertiary/aromatic N) is 4. The summed E-state index contributed by atoms with van der Waals surface area (Å²) in [7, 11) is -2.86. The largest absolute Gasteiger partial charge is 0.355 e. The van der Waals surface area contributed by atoms with E-state index in [0.29, 0.717) is 35.8 Å². The third-order valence-corrected chi connectivity index (χ3v) is 6.12. The summed E-state index contributed by atoms with van der Waals surface area (Å²) in [6.45, 7) is 0.885. The lowest BCUT2D eigenvalue weighted by Gasteiger charge is -2.33. The quantitative estimate of drug-likeness (QED) is 0.650. The summed E-state index contributed by atoms with van der Waals surface area (Å²) in [6.07, 6.45) is 0. The maximum Gasteiger partial charge on any atom is 0.341 e. The van der Waals surface area contributed by atoms with Crippen molar-refractivity contribution in [1.29, 1.82) is 0 Å². The summed E-state index contributed by atoms with van der Waals surface area (Å²) < 4.78 is 48.5. The van der Waals surface area contributed by atoms with Crippen LogP contribution in [-0.4, -0.2) is 50.2 Å². The Hall–Kier alpha value is -3.14. The Balaban J connectivity index is 1.72. The number of carbonyl (C=O) groups excluding carboxylic acids is 1. The lowest BCUT2D eigenvalue weighted by molar-refractivity contribution is 0.0986. The molecule has 0 saturated heterocycles. The molecule has 2 heterocycles. The van der Waals surface area contributed by atoms with E-state index in [2.05, 4.69) is 9.97 Å². The molecule has 1 aliphatic rings. The average molecular weight is 418 g/mol. The van der Waals surface area contributed by atoms with E-state index in [-0.39, 0.29) is 5.56 Å². The number of halogens is 2. The van der Waals surface area contributed by atoms with Crippen molar-refractivity contribution in [3.05, 3.63) is 54.1 Å². The van der Waals surface area contributed by atoms with E-state index in [0.717, 1.165) is 12.1 Å². The normalized spacial score (nSPS) is 14.3. The van der Waals surface area contributed by atoms with Gasteiger partial charge in [-0.3, -0.25) is 9.69 Å². The van der Waals surface area contributed by atoms with Crippen LogP contribution in [0.3, 0.4) is 0 Å². The first-order chi connectivity index (χ1) is 13.8. The zero-order chi connectivity index (χ0) is 20.8. The van der Waals surface area contributed by atoms with Crippen molar-refractivity contribution in [1.82, 2.24) is 9.97 Å². The summed E-state index contributed by atoms with van der Waals surface area (Å²) in [5.41, 5.74) is 1.51. The van der Waals surface area contributed by atoms with E-state index in [4.69, 9.17) is 0 Å². The number of amides is 1. The van der Waals surface area contributed by atoms with Crippen LogP contribution >= 0.6 is 0 Å². The van der Waals surface area contributed by atoms with Gasteiger partial charge in [0.05, 0.1) is 15.9 Å². The standard InChI is InChI=1S/C19H16F2N4O3S/c1-24-10-11-25(17-16(24)22-14-4-2-3-5-15(14)23-17)18(26)12-6-8-13(9-7-12)29(27,28)19(20)21/h2-9,19H,10-11H2,1H3. The van der Waals surface area contributed by atoms with Crippen LogP contribution in [0.1, 0.15) is 10.4 Å². The Labute approximate surface area is 165 Å². The number of sulfone groups is 1. The Morgan fingerprint density at radius 2 is 1.55 bits per heavy atom. The second kappa shape index (κ2) is 7.03. The SMILES string of the molecule is CN1CCN(C(=O)c2ccc(S(=O)(=O)C(F)F)cc2)c2nc3ccccc3nc21. The van der Waals surface area contributed by atoms with Gasteiger partial charge in [0, 0.05) is 25.7 Å². The fourth-order valence-electron chi connectivity index (χ4n) is 3.12. The molecular weight excluding hydrogens is 402 g/mol. The summed E-state index contributed by atoms with van der Waals surface area (Å²) in [5.74, 6) is -2.98. The molecule has 150 valence electrons. The van der Waals surface area contributed by atoms with E-state index in [1.807, 2.05) is 30.1 Å². The smallest absolute Gasteiger partial charge is 0.341 e. The molecule has 0 radical (unpaired) electrons. The van der Waals surface area contributed by atoms with Crippen LogP contribution in [-0.2, 0) is 9.84 Å². The van der Waals surface area contributed by atoms with Gasteiger partial charge in [-0.25, -0.2) is 18.4 Å². The van der Waals surface area contributed by atoms with Crippen molar-refractivity contribution >= 4 is 38.4 Å². The van der Waals surface area contributed by atoms with Gasteiger partial charge in [0.1, 0.15) is 0 Å². The van der Waals surface area contributed by atoms with E-state index < -0.39 is 26.4 Å². The fourth-order valence-corrected chi connectivity index (χ4v) is 3.85. The molecule has 0 unspecified atom stereocenters. The van der Waals surface area contributed by atoms with Crippen LogP contribution in [0.5, 0.6) is 0 Å². The van der Waals surface area contributed by atoms with Crippen LogP contribution in [0.2, 0.25) is 0 Å². The van der Waals surface area contributed by atoms with Crippen LogP contribution in [0.4, 0.5) is 20.4 Å². The highest BCUT2D eigenvalue weighted by molar-refractivity contribution is 7.91. The molecule has 0 saturated carbocycles. The van der Waals surface area contributed by atoms with Crippen LogP contribution < -0.4 is 9.80 Å². The Bertz CT molecular complexity index is 1200. The molecule has 29 heavy (non-hydrogen) atoms. The third-order valence-electron chi connectivity index (χ3n) is 4.72. The number of alkyl halides is 2. The molecule has 3 aromatic rings. The van der Waals surface area contributed by atoms with E-state index in [1.54, 1.807) is 6.07 Å². The van der Waals surface area contributed by atoms with Gasteiger partial charge in [-0.1, -0.05) is 12.1 Å². The topological polar surface area (TPSA) is 83.5 Å². The number of hydrogen-bond donors (Lipinski definition) is 0. The van der Waals surface area contributed by atoms with Crippen molar-refractivity contribution in [2.24, 2.45) is 0 Å². The van der Waals surface area contributed by atoms with Gasteiger partial charge in [0.25, 0.3) is 5.91 Å². The summed E-state index contributed by atoms with van der Waals surface area (Å²) in [6, 6.07) is 11.8.